The molecule has 2 aromatic heterocycles. The number of thioether (sulfide) groups is 1. The van der Waals surface area contributed by atoms with Crippen LogP contribution in [-0.2, 0) is 10.5 Å². The molecule has 156 valence electrons. The Bertz CT molecular complexity index is 1000. The Kier molecular flexibility index (Phi) is 6.31. The number of aromatic nitrogens is 5. The van der Waals surface area contributed by atoms with Crippen LogP contribution in [0, 0.1) is 0 Å². The molecule has 0 spiro atoms. The van der Waals surface area contributed by atoms with E-state index in [1.54, 1.807) is 40.2 Å². The highest BCUT2D eigenvalue weighted by Crippen LogP contribution is 2.25. The van der Waals surface area contributed by atoms with Gasteiger partial charge in [-0.3, -0.25) is 4.79 Å². The van der Waals surface area contributed by atoms with Gasteiger partial charge in [0.1, 0.15) is 0 Å². The van der Waals surface area contributed by atoms with Crippen LogP contribution in [0.15, 0.2) is 47.9 Å². The molecule has 2 atom stereocenters. The summed E-state index contributed by atoms with van der Waals surface area (Å²) in [6.07, 6.45) is 3.32. The van der Waals surface area contributed by atoms with Gasteiger partial charge in [-0.15, -0.1) is 5.10 Å². The molecular formula is C20H21ClN6O2S. The molecular weight excluding hydrogens is 424 g/mol. The summed E-state index contributed by atoms with van der Waals surface area (Å²) in [4.78, 5) is 23.6. The lowest BCUT2D eigenvalue weighted by molar-refractivity contribution is -0.0587. The number of hydrogen-bond acceptors (Lipinski definition) is 7. The molecule has 4 rings (SSSR count). The molecule has 1 aromatic carbocycles. The van der Waals surface area contributed by atoms with E-state index in [4.69, 9.17) is 16.3 Å². The van der Waals surface area contributed by atoms with E-state index in [-0.39, 0.29) is 18.1 Å². The third-order valence-corrected chi connectivity index (χ3v) is 5.76. The first kappa shape index (κ1) is 20.8. The number of ether oxygens (including phenoxy) is 1. The van der Waals surface area contributed by atoms with E-state index in [9.17, 15) is 4.79 Å². The summed E-state index contributed by atoms with van der Waals surface area (Å²) in [5, 5.41) is 9.76. The normalized spacial score (nSPS) is 19.1. The average molecular weight is 445 g/mol. The molecule has 3 aromatic rings. The molecule has 0 N–H and O–H groups in total. The van der Waals surface area contributed by atoms with Gasteiger partial charge < -0.3 is 9.64 Å². The van der Waals surface area contributed by atoms with Gasteiger partial charge >= 0.3 is 0 Å². The average Bonchev–Trinajstić information content (AvgIpc) is 3.16. The number of benzene rings is 1. The highest BCUT2D eigenvalue weighted by molar-refractivity contribution is 7.98. The number of halogens is 1. The van der Waals surface area contributed by atoms with Crippen molar-refractivity contribution in [3.05, 3.63) is 59.1 Å². The van der Waals surface area contributed by atoms with Gasteiger partial charge in [0, 0.05) is 36.3 Å². The van der Waals surface area contributed by atoms with E-state index in [1.807, 2.05) is 26.0 Å². The van der Waals surface area contributed by atoms with Crippen LogP contribution in [0.5, 0.6) is 0 Å². The van der Waals surface area contributed by atoms with E-state index in [0.29, 0.717) is 40.4 Å². The fourth-order valence-electron chi connectivity index (χ4n) is 3.37. The van der Waals surface area contributed by atoms with E-state index >= 15 is 0 Å². The lowest BCUT2D eigenvalue weighted by Crippen LogP contribution is -2.48. The smallest absolute Gasteiger partial charge is 0.276 e. The van der Waals surface area contributed by atoms with E-state index < -0.39 is 0 Å². The van der Waals surface area contributed by atoms with Crippen molar-refractivity contribution in [2.75, 3.05) is 13.1 Å². The van der Waals surface area contributed by atoms with Crippen LogP contribution < -0.4 is 0 Å². The molecule has 0 bridgehead atoms. The number of amides is 1. The molecule has 1 aliphatic heterocycles. The van der Waals surface area contributed by atoms with Crippen LogP contribution in [-0.4, -0.2) is 61.1 Å². The number of carbonyl (C=O) groups is 1. The lowest BCUT2D eigenvalue weighted by Gasteiger charge is -2.35. The zero-order chi connectivity index (χ0) is 21.1. The Morgan fingerprint density at radius 1 is 1.17 bits per heavy atom. The fraction of sp³-hybridized carbons (Fsp3) is 0.350. The summed E-state index contributed by atoms with van der Waals surface area (Å²) in [5.74, 6) is 0.290. The highest BCUT2D eigenvalue weighted by Gasteiger charge is 2.31. The van der Waals surface area contributed by atoms with Gasteiger partial charge in [0.05, 0.1) is 23.6 Å². The highest BCUT2D eigenvalue weighted by atomic mass is 35.5. The van der Waals surface area contributed by atoms with Gasteiger partial charge in [0.15, 0.2) is 10.9 Å². The number of morpholine rings is 1. The van der Waals surface area contributed by atoms with Crippen molar-refractivity contribution in [2.45, 2.75) is 37.0 Å². The lowest BCUT2D eigenvalue weighted by atomic mass is 10.2. The first-order valence-corrected chi connectivity index (χ1v) is 10.9. The zero-order valence-electron chi connectivity index (χ0n) is 16.6. The van der Waals surface area contributed by atoms with Gasteiger partial charge in [0.25, 0.3) is 5.91 Å². The maximum absolute atomic E-state index is 13.3. The SMILES string of the molecule is CC1CN(C(=O)c2nnn(-c3ccc(Cl)cc3)c2CSc2ncccn2)CC(C)O1. The molecule has 1 amide bonds. The molecule has 1 saturated heterocycles. The maximum atomic E-state index is 13.3. The van der Waals surface area contributed by atoms with E-state index in [0.717, 1.165) is 5.69 Å². The maximum Gasteiger partial charge on any atom is 0.276 e. The largest absolute Gasteiger partial charge is 0.372 e. The summed E-state index contributed by atoms with van der Waals surface area (Å²) in [5.41, 5.74) is 1.79. The second-order valence-corrected chi connectivity index (χ2v) is 8.44. The molecule has 10 heteroatoms. The number of hydrogen-bond donors (Lipinski definition) is 0. The van der Waals surface area contributed by atoms with Crippen LogP contribution in [0.4, 0.5) is 0 Å². The van der Waals surface area contributed by atoms with Gasteiger partial charge in [-0.05, 0) is 44.2 Å². The standard InChI is InChI=1S/C20H21ClN6O2S/c1-13-10-26(11-14(2)29-13)19(28)18-17(12-30-20-22-8-3-9-23-20)27(25-24-18)16-6-4-15(21)5-7-16/h3-9,13-14H,10-12H2,1-2H3. The zero-order valence-corrected chi connectivity index (χ0v) is 18.2. The van der Waals surface area contributed by atoms with Crippen LogP contribution in [0.2, 0.25) is 5.02 Å². The molecule has 30 heavy (non-hydrogen) atoms. The van der Waals surface area contributed by atoms with E-state index in [2.05, 4.69) is 20.3 Å². The van der Waals surface area contributed by atoms with Gasteiger partial charge in [0.2, 0.25) is 0 Å². The Morgan fingerprint density at radius 2 is 1.83 bits per heavy atom. The quantitative estimate of drug-likeness (QED) is 0.441. The fourth-order valence-corrected chi connectivity index (χ4v) is 4.29. The van der Waals surface area contributed by atoms with Crippen molar-refractivity contribution >= 4 is 29.3 Å². The minimum absolute atomic E-state index is 0.0282. The van der Waals surface area contributed by atoms with Crippen molar-refractivity contribution in [1.82, 2.24) is 29.9 Å². The van der Waals surface area contributed by atoms with Gasteiger partial charge in [-0.1, -0.05) is 28.6 Å². The summed E-state index contributed by atoms with van der Waals surface area (Å²) in [6, 6.07) is 9.01. The Hall–Kier alpha value is -2.49. The van der Waals surface area contributed by atoms with Crippen LogP contribution in [0.3, 0.4) is 0 Å². The predicted octanol–water partition coefficient (Wildman–Crippen LogP) is 3.25. The molecule has 0 radical (unpaired) electrons. The Morgan fingerprint density at radius 3 is 2.50 bits per heavy atom. The van der Waals surface area contributed by atoms with Gasteiger partial charge in [-0.25, -0.2) is 14.6 Å². The molecule has 2 unspecified atom stereocenters. The Balaban J connectivity index is 1.67. The molecule has 0 aliphatic carbocycles. The van der Waals surface area contributed by atoms with E-state index in [1.165, 1.54) is 11.8 Å². The molecule has 3 heterocycles. The van der Waals surface area contributed by atoms with Crippen molar-refractivity contribution in [3.63, 3.8) is 0 Å². The molecule has 1 aliphatic rings. The molecule has 1 fully saturated rings. The van der Waals surface area contributed by atoms with Crippen LogP contribution >= 0.6 is 23.4 Å². The van der Waals surface area contributed by atoms with Crippen molar-refractivity contribution < 1.29 is 9.53 Å². The first-order chi connectivity index (χ1) is 14.5. The van der Waals surface area contributed by atoms with Gasteiger partial charge in [-0.2, -0.15) is 0 Å². The number of carbonyl (C=O) groups excluding carboxylic acids is 1. The monoisotopic (exact) mass is 444 g/mol. The van der Waals surface area contributed by atoms with Crippen LogP contribution in [0.25, 0.3) is 5.69 Å². The van der Waals surface area contributed by atoms with Crippen molar-refractivity contribution in [1.29, 1.82) is 0 Å². The second kappa shape index (κ2) is 9.11. The summed E-state index contributed by atoms with van der Waals surface area (Å²) in [6.45, 7) is 4.96. The third kappa shape index (κ3) is 4.63. The topological polar surface area (TPSA) is 86.0 Å². The molecule has 0 saturated carbocycles. The minimum atomic E-state index is -0.151. The first-order valence-electron chi connectivity index (χ1n) is 9.56. The summed E-state index contributed by atoms with van der Waals surface area (Å²) in [7, 11) is 0. The third-order valence-electron chi connectivity index (χ3n) is 4.62. The van der Waals surface area contributed by atoms with Crippen molar-refractivity contribution in [2.24, 2.45) is 0 Å². The minimum Gasteiger partial charge on any atom is -0.372 e. The number of nitrogens with zero attached hydrogens (tertiary/aromatic N) is 6. The molecule has 8 nitrogen and oxygen atoms in total. The second-order valence-electron chi connectivity index (χ2n) is 7.06. The van der Waals surface area contributed by atoms with Crippen LogP contribution in [0.1, 0.15) is 30.0 Å². The van der Waals surface area contributed by atoms with Crippen molar-refractivity contribution in [3.8, 4) is 5.69 Å². The Labute approximate surface area is 183 Å². The summed E-state index contributed by atoms with van der Waals surface area (Å²) < 4.78 is 7.43. The summed E-state index contributed by atoms with van der Waals surface area (Å²) >= 11 is 7.45. The number of rotatable bonds is 5. The predicted molar refractivity (Wildman–Crippen MR) is 114 cm³/mol.